The molecule has 0 fully saturated rings. The van der Waals surface area contributed by atoms with Crippen molar-refractivity contribution in [2.24, 2.45) is 0 Å². The number of unbranched alkanes of at least 4 members (excludes halogenated alkanes) is 1. The van der Waals surface area contributed by atoms with E-state index in [0.29, 0.717) is 42.3 Å². The first-order chi connectivity index (χ1) is 16.5. The summed E-state index contributed by atoms with van der Waals surface area (Å²) in [4.78, 5) is 27.1. The van der Waals surface area contributed by atoms with Gasteiger partial charge in [0, 0.05) is 44.8 Å². The van der Waals surface area contributed by atoms with Crippen LogP contribution in [0.2, 0.25) is 10.0 Å². The largest absolute Gasteiger partial charge is 0.450 e. The zero-order chi connectivity index (χ0) is 25.8. The van der Waals surface area contributed by atoms with Crippen LogP contribution in [0.15, 0.2) is 18.5 Å². The molecule has 0 aliphatic rings. The molecule has 0 aliphatic carbocycles. The van der Waals surface area contributed by atoms with Crippen LogP contribution in [0.4, 0.5) is 29.7 Å². The Morgan fingerprint density at radius 2 is 1.94 bits per heavy atom. The van der Waals surface area contributed by atoms with E-state index in [-0.39, 0.29) is 23.7 Å². The Balaban J connectivity index is 1.50. The lowest BCUT2D eigenvalue weighted by molar-refractivity contribution is -0.137. The maximum absolute atomic E-state index is 13.0. The van der Waals surface area contributed by atoms with Crippen molar-refractivity contribution in [2.45, 2.75) is 32.1 Å². The lowest BCUT2D eigenvalue weighted by atomic mass is 10.1. The Kier molecular flexibility index (Phi) is 8.49. The van der Waals surface area contributed by atoms with Gasteiger partial charge in [-0.25, -0.2) is 9.78 Å². The van der Waals surface area contributed by atoms with Gasteiger partial charge in [-0.15, -0.1) is 0 Å². The van der Waals surface area contributed by atoms with Gasteiger partial charge in [-0.2, -0.15) is 23.1 Å². The predicted molar refractivity (Wildman–Crippen MR) is 128 cm³/mol. The number of fused-ring (bicyclic) bond motifs is 1. The summed E-state index contributed by atoms with van der Waals surface area (Å²) in [5.74, 6) is 1.17. The van der Waals surface area contributed by atoms with Gasteiger partial charge >= 0.3 is 12.3 Å². The van der Waals surface area contributed by atoms with E-state index in [1.165, 1.54) is 0 Å². The fourth-order valence-corrected chi connectivity index (χ4v) is 3.82. The number of aromatic nitrogens is 4. The molecule has 3 aromatic rings. The van der Waals surface area contributed by atoms with Crippen molar-refractivity contribution < 1.29 is 22.7 Å². The summed E-state index contributed by atoms with van der Waals surface area (Å²) >= 11 is 11.8. The number of alkyl halides is 3. The highest BCUT2D eigenvalue weighted by molar-refractivity contribution is 6.36. The molecule has 9 nitrogen and oxygen atoms in total. The molecule has 14 heteroatoms. The average molecular weight is 534 g/mol. The normalized spacial score (nSPS) is 11.5. The SMILES string of the molecule is CNc1nc(N(C)C)nc2c1ncn2CCCCOC(=O)NCc1c(Cl)ccc(C(F)(F)F)c1Cl. The van der Waals surface area contributed by atoms with Crippen molar-refractivity contribution in [3.63, 3.8) is 0 Å². The molecule has 2 aromatic heterocycles. The summed E-state index contributed by atoms with van der Waals surface area (Å²) in [6.07, 6.45) is -2.53. The van der Waals surface area contributed by atoms with Crippen LogP contribution in [0.3, 0.4) is 0 Å². The molecule has 2 heterocycles. The number of rotatable bonds is 9. The third-order valence-corrected chi connectivity index (χ3v) is 5.80. The minimum atomic E-state index is -4.63. The first kappa shape index (κ1) is 26.6. The van der Waals surface area contributed by atoms with E-state index in [9.17, 15) is 18.0 Å². The number of nitrogens with one attached hydrogen (secondary N) is 2. The summed E-state index contributed by atoms with van der Waals surface area (Å²) in [7, 11) is 5.45. The van der Waals surface area contributed by atoms with Crippen LogP contribution in [0.1, 0.15) is 24.0 Å². The van der Waals surface area contributed by atoms with E-state index in [1.54, 1.807) is 18.3 Å². The van der Waals surface area contributed by atoms with E-state index >= 15 is 0 Å². The molecule has 0 saturated carbocycles. The number of benzene rings is 1. The van der Waals surface area contributed by atoms with Crippen molar-refractivity contribution in [3.8, 4) is 0 Å². The molecule has 0 saturated heterocycles. The number of hydrogen-bond acceptors (Lipinski definition) is 7. The first-order valence-electron chi connectivity index (χ1n) is 10.6. The smallest absolute Gasteiger partial charge is 0.417 e. The van der Waals surface area contributed by atoms with Crippen LogP contribution >= 0.6 is 23.2 Å². The minimum absolute atomic E-state index is 0.0125. The van der Waals surface area contributed by atoms with Gasteiger partial charge in [-0.3, -0.25) is 0 Å². The lowest BCUT2D eigenvalue weighted by Crippen LogP contribution is -2.25. The number of carbonyl (C=O) groups is 1. The molecule has 0 radical (unpaired) electrons. The summed E-state index contributed by atoms with van der Waals surface area (Å²) < 4.78 is 46.1. The van der Waals surface area contributed by atoms with Crippen LogP contribution in [0.5, 0.6) is 0 Å². The van der Waals surface area contributed by atoms with Crippen LogP contribution in [0.25, 0.3) is 11.2 Å². The van der Waals surface area contributed by atoms with Crippen molar-refractivity contribution in [1.29, 1.82) is 0 Å². The van der Waals surface area contributed by atoms with Crippen LogP contribution in [-0.2, 0) is 24.0 Å². The standard InChI is InChI=1S/C21H24Cl2F3N7O2/c1-27-17-16-18(31-19(30-17)32(2)3)33(11-29-16)8-4-5-9-35-20(34)28-10-12-14(22)7-6-13(15(12)23)21(24,25)26/h6-7,11H,4-5,8-10H2,1-3H3,(H,28,34)(H,27,30,31). The summed E-state index contributed by atoms with van der Waals surface area (Å²) in [5.41, 5.74) is 0.278. The molecule has 0 atom stereocenters. The van der Waals surface area contributed by atoms with Crippen molar-refractivity contribution in [3.05, 3.63) is 39.6 Å². The fourth-order valence-electron chi connectivity index (χ4n) is 3.21. The monoisotopic (exact) mass is 533 g/mol. The topological polar surface area (TPSA) is 97.2 Å². The molecule has 35 heavy (non-hydrogen) atoms. The first-order valence-corrected chi connectivity index (χ1v) is 11.3. The zero-order valence-electron chi connectivity index (χ0n) is 19.2. The van der Waals surface area contributed by atoms with E-state index in [1.807, 2.05) is 18.7 Å². The van der Waals surface area contributed by atoms with Gasteiger partial charge in [0.1, 0.15) is 0 Å². The molecule has 0 bridgehead atoms. The number of anilines is 2. The quantitative estimate of drug-likeness (QED) is 0.375. The molecular weight excluding hydrogens is 510 g/mol. The molecule has 1 aromatic carbocycles. The maximum Gasteiger partial charge on any atom is 0.417 e. The lowest BCUT2D eigenvalue weighted by Gasteiger charge is -2.14. The van der Waals surface area contributed by atoms with Crippen molar-refractivity contribution in [1.82, 2.24) is 24.8 Å². The number of halogens is 5. The number of hydrogen-bond donors (Lipinski definition) is 2. The highest BCUT2D eigenvalue weighted by Gasteiger charge is 2.34. The molecule has 190 valence electrons. The van der Waals surface area contributed by atoms with E-state index in [0.717, 1.165) is 12.1 Å². The summed E-state index contributed by atoms with van der Waals surface area (Å²) in [5, 5.41) is 4.85. The number of amides is 1. The minimum Gasteiger partial charge on any atom is -0.450 e. The Labute approximate surface area is 209 Å². The molecule has 0 spiro atoms. The van der Waals surface area contributed by atoms with Crippen molar-refractivity contribution in [2.75, 3.05) is 38.0 Å². The van der Waals surface area contributed by atoms with Gasteiger partial charge in [0.15, 0.2) is 17.0 Å². The molecule has 3 rings (SSSR count). The number of alkyl carbamates (subject to hydrolysis) is 1. The van der Waals surface area contributed by atoms with Gasteiger partial charge in [-0.1, -0.05) is 23.2 Å². The van der Waals surface area contributed by atoms with Gasteiger partial charge in [0.25, 0.3) is 0 Å². The number of aryl methyl sites for hydroxylation is 1. The number of nitrogens with zero attached hydrogens (tertiary/aromatic N) is 5. The molecule has 0 unspecified atom stereocenters. The van der Waals surface area contributed by atoms with Crippen molar-refractivity contribution >= 4 is 52.2 Å². The van der Waals surface area contributed by atoms with Gasteiger partial charge in [0.2, 0.25) is 5.95 Å². The summed E-state index contributed by atoms with van der Waals surface area (Å²) in [6.45, 7) is 0.398. The van der Waals surface area contributed by atoms with Crippen LogP contribution in [0, 0.1) is 0 Å². The zero-order valence-corrected chi connectivity index (χ0v) is 20.7. The second kappa shape index (κ2) is 11.2. The Hall–Kier alpha value is -2.99. The summed E-state index contributed by atoms with van der Waals surface area (Å²) in [6, 6.07) is 1.88. The number of carbonyl (C=O) groups excluding carboxylic acids is 1. The second-order valence-electron chi connectivity index (χ2n) is 7.71. The van der Waals surface area contributed by atoms with E-state index in [4.69, 9.17) is 27.9 Å². The number of imidazole rings is 1. The highest BCUT2D eigenvalue weighted by atomic mass is 35.5. The number of ether oxygens (including phenoxy) is 1. The molecule has 1 amide bonds. The predicted octanol–water partition coefficient (Wildman–Crippen LogP) is 4.97. The molecule has 2 N–H and O–H groups in total. The Bertz CT molecular complexity index is 1200. The van der Waals surface area contributed by atoms with Gasteiger partial charge in [0.05, 0.1) is 23.5 Å². The maximum atomic E-state index is 13.0. The second-order valence-corrected chi connectivity index (χ2v) is 8.49. The third-order valence-electron chi connectivity index (χ3n) is 5.02. The molecular formula is C21H24Cl2F3N7O2. The molecule has 0 aliphatic heterocycles. The Morgan fingerprint density at radius 1 is 1.20 bits per heavy atom. The van der Waals surface area contributed by atoms with Crippen LogP contribution < -0.4 is 15.5 Å². The van der Waals surface area contributed by atoms with E-state index in [2.05, 4.69) is 25.6 Å². The van der Waals surface area contributed by atoms with Gasteiger partial charge < -0.3 is 24.8 Å². The van der Waals surface area contributed by atoms with Gasteiger partial charge in [-0.05, 0) is 25.0 Å². The van der Waals surface area contributed by atoms with E-state index < -0.39 is 22.9 Å². The Morgan fingerprint density at radius 3 is 2.60 bits per heavy atom. The average Bonchev–Trinajstić information content (AvgIpc) is 3.20. The highest BCUT2D eigenvalue weighted by Crippen LogP contribution is 2.38. The fraction of sp³-hybridized carbons (Fsp3) is 0.429. The van der Waals surface area contributed by atoms with Crippen LogP contribution in [-0.4, -0.2) is 53.4 Å². The third kappa shape index (κ3) is 6.37.